The number of likely N-dealkylation sites (N-methyl/N-ethyl adjacent to an activating group) is 1. The number of nitrogens with two attached hydrogens (primary N) is 2. The Labute approximate surface area is 208 Å². The molecule has 36 heavy (non-hydrogen) atoms. The zero-order valence-electron chi connectivity index (χ0n) is 20.2. The number of anilines is 1. The third-order valence-corrected chi connectivity index (χ3v) is 7.25. The van der Waals surface area contributed by atoms with E-state index in [9.17, 15) is 14.9 Å². The number of hydrogen-bond acceptors (Lipinski definition) is 8. The first-order chi connectivity index (χ1) is 17.3. The van der Waals surface area contributed by atoms with Gasteiger partial charge >= 0.3 is 5.69 Å². The van der Waals surface area contributed by atoms with E-state index in [2.05, 4.69) is 14.5 Å². The number of benzene rings is 2. The van der Waals surface area contributed by atoms with Crippen LogP contribution in [0.4, 0.5) is 11.4 Å². The molecule has 1 unspecified atom stereocenters. The number of carbonyl (C=O) groups excluding carboxylic acids is 1. The molecule has 2 aliphatic rings. The Morgan fingerprint density at radius 3 is 2.81 bits per heavy atom. The van der Waals surface area contributed by atoms with Gasteiger partial charge in [-0.05, 0) is 63.0 Å². The van der Waals surface area contributed by atoms with Gasteiger partial charge < -0.3 is 30.4 Å². The minimum atomic E-state index is -0.874. The molecule has 2 saturated heterocycles. The van der Waals surface area contributed by atoms with Gasteiger partial charge in [0.1, 0.15) is 23.6 Å². The fourth-order valence-electron chi connectivity index (χ4n) is 5.26. The minimum Gasteiger partial charge on any atom is -0.491 e. The van der Waals surface area contributed by atoms with E-state index in [0.29, 0.717) is 24.3 Å². The summed E-state index contributed by atoms with van der Waals surface area (Å²) in [7, 11) is 2.01. The van der Waals surface area contributed by atoms with Crippen molar-refractivity contribution < 1.29 is 19.2 Å². The van der Waals surface area contributed by atoms with Crippen LogP contribution in [0.1, 0.15) is 42.1 Å². The molecule has 3 heterocycles. The number of nitrogen functional groups attached to an aromatic ring is 1. The quantitative estimate of drug-likeness (QED) is 0.289. The van der Waals surface area contributed by atoms with E-state index >= 15 is 0 Å². The lowest BCUT2D eigenvalue weighted by Gasteiger charge is -2.24. The van der Waals surface area contributed by atoms with Crippen LogP contribution in [0.2, 0.25) is 0 Å². The molecule has 11 nitrogen and oxygen atoms in total. The van der Waals surface area contributed by atoms with E-state index in [1.54, 1.807) is 18.5 Å². The van der Waals surface area contributed by atoms with Crippen molar-refractivity contribution in [3.8, 4) is 16.9 Å². The molecule has 1 aromatic heterocycles. The number of imidazole rings is 1. The lowest BCUT2D eigenvalue weighted by atomic mass is 9.97. The van der Waals surface area contributed by atoms with Crippen molar-refractivity contribution in [1.29, 1.82) is 0 Å². The van der Waals surface area contributed by atoms with Crippen molar-refractivity contribution in [3.05, 3.63) is 46.3 Å². The summed E-state index contributed by atoms with van der Waals surface area (Å²) < 4.78 is 13.7. The molecule has 0 saturated carbocycles. The molecule has 11 heteroatoms. The Morgan fingerprint density at radius 1 is 1.31 bits per heavy atom. The Balaban J connectivity index is 1.57. The number of nitrogens with zero attached hydrogens (tertiary/aromatic N) is 4. The van der Waals surface area contributed by atoms with Crippen LogP contribution in [0.25, 0.3) is 22.2 Å². The molecule has 2 fully saturated rings. The van der Waals surface area contributed by atoms with Crippen molar-refractivity contribution in [2.75, 3.05) is 39.1 Å². The first-order valence-corrected chi connectivity index (χ1v) is 12.1. The monoisotopic (exact) mass is 494 g/mol. The first-order valence-electron chi connectivity index (χ1n) is 12.1. The highest BCUT2D eigenvalue weighted by Gasteiger charge is 2.30. The number of aromatic nitrogens is 2. The van der Waals surface area contributed by atoms with Gasteiger partial charge in [0.05, 0.1) is 40.5 Å². The maximum atomic E-state index is 12.3. The lowest BCUT2D eigenvalue weighted by molar-refractivity contribution is -0.383. The van der Waals surface area contributed by atoms with Gasteiger partial charge in [-0.3, -0.25) is 14.9 Å². The summed E-state index contributed by atoms with van der Waals surface area (Å²) in [4.78, 5) is 30.5. The number of nitro groups is 1. The molecule has 2 atom stereocenters. The first kappa shape index (κ1) is 24.0. The van der Waals surface area contributed by atoms with Crippen LogP contribution in [0, 0.1) is 10.1 Å². The van der Waals surface area contributed by atoms with Gasteiger partial charge in [-0.1, -0.05) is 6.07 Å². The van der Waals surface area contributed by atoms with Crippen LogP contribution < -0.4 is 16.2 Å². The molecule has 190 valence electrons. The summed E-state index contributed by atoms with van der Waals surface area (Å²) in [6, 6.07) is 7.34. The minimum absolute atomic E-state index is 0.144. The van der Waals surface area contributed by atoms with Gasteiger partial charge in [0.25, 0.3) is 5.91 Å². The van der Waals surface area contributed by atoms with Crippen molar-refractivity contribution in [1.82, 2.24) is 14.5 Å². The molecular weight excluding hydrogens is 464 g/mol. The zero-order chi connectivity index (χ0) is 25.4. The number of amides is 1. The Kier molecular flexibility index (Phi) is 6.50. The molecule has 0 bridgehead atoms. The average molecular weight is 495 g/mol. The summed E-state index contributed by atoms with van der Waals surface area (Å²) in [5.41, 5.74) is 13.3. The molecule has 2 aliphatic heterocycles. The highest BCUT2D eigenvalue weighted by molar-refractivity contribution is 6.05. The second-order valence-electron chi connectivity index (χ2n) is 9.49. The van der Waals surface area contributed by atoms with Crippen LogP contribution in [0.5, 0.6) is 5.75 Å². The van der Waals surface area contributed by atoms with Crippen LogP contribution in [0.3, 0.4) is 0 Å². The maximum Gasteiger partial charge on any atom is 0.300 e. The normalized spacial score (nSPS) is 20.6. The number of rotatable bonds is 7. The van der Waals surface area contributed by atoms with E-state index in [1.165, 1.54) is 6.07 Å². The van der Waals surface area contributed by atoms with Crippen LogP contribution in [-0.4, -0.2) is 64.7 Å². The fourth-order valence-corrected chi connectivity index (χ4v) is 5.26. The van der Waals surface area contributed by atoms with E-state index in [4.69, 9.17) is 20.9 Å². The van der Waals surface area contributed by atoms with Crippen molar-refractivity contribution in [3.63, 3.8) is 0 Å². The van der Waals surface area contributed by atoms with Gasteiger partial charge in [-0.15, -0.1) is 0 Å². The Bertz CT molecular complexity index is 1320. The smallest absolute Gasteiger partial charge is 0.300 e. The molecule has 2 aromatic carbocycles. The highest BCUT2D eigenvalue weighted by Crippen LogP contribution is 2.43. The second-order valence-corrected chi connectivity index (χ2v) is 9.49. The number of nitro benzene ring substituents is 1. The van der Waals surface area contributed by atoms with Crippen molar-refractivity contribution >= 4 is 28.3 Å². The van der Waals surface area contributed by atoms with Crippen LogP contribution in [-0.2, 0) is 4.74 Å². The van der Waals surface area contributed by atoms with Gasteiger partial charge in [0.15, 0.2) is 0 Å². The third-order valence-electron chi connectivity index (χ3n) is 7.25. The Hall–Kier alpha value is -3.70. The predicted molar refractivity (Wildman–Crippen MR) is 135 cm³/mol. The molecule has 0 spiro atoms. The summed E-state index contributed by atoms with van der Waals surface area (Å²) in [6.07, 6.45) is 5.78. The summed E-state index contributed by atoms with van der Waals surface area (Å²) in [6.45, 7) is 2.67. The molecule has 4 N–H and O–H groups in total. The van der Waals surface area contributed by atoms with E-state index in [1.807, 2.05) is 13.1 Å². The van der Waals surface area contributed by atoms with Gasteiger partial charge in [-0.25, -0.2) is 4.98 Å². The molecule has 1 amide bonds. The zero-order valence-corrected chi connectivity index (χ0v) is 20.2. The average Bonchev–Trinajstić information content (AvgIpc) is 3.47. The van der Waals surface area contributed by atoms with Gasteiger partial charge in [0, 0.05) is 12.6 Å². The van der Waals surface area contributed by atoms with E-state index < -0.39 is 10.8 Å². The SMILES string of the molecule is CN1CCC[C@@H]1COc1cc(-c2ccc3c(c2)ncn3C2CCCOC2)c([N+](=O)[O-])c(N)c1C(N)=O. The summed E-state index contributed by atoms with van der Waals surface area (Å²) in [5.74, 6) is -0.730. The van der Waals surface area contributed by atoms with Crippen molar-refractivity contribution in [2.45, 2.75) is 37.8 Å². The predicted octanol–water partition coefficient (Wildman–Crippen LogP) is 3.12. The topological polar surface area (TPSA) is 152 Å². The number of carbonyl (C=O) groups is 1. The van der Waals surface area contributed by atoms with E-state index in [-0.39, 0.29) is 40.3 Å². The maximum absolute atomic E-state index is 12.3. The number of fused-ring (bicyclic) bond motifs is 1. The van der Waals surface area contributed by atoms with Crippen molar-refractivity contribution in [2.24, 2.45) is 5.73 Å². The standard InChI is InChI=1S/C25H30N6O5/c1-29-8-2-4-16(29)13-36-21-11-18(24(31(33)34)23(26)22(21)25(27)32)15-6-7-20-19(10-15)28-14-30(20)17-5-3-9-35-12-17/h6-7,10-11,14,16-17H,2-5,8-9,12-13,26H2,1H3,(H2,27,32)/t16-,17?/m1/s1. The number of hydrogen-bond donors (Lipinski definition) is 2. The molecule has 3 aromatic rings. The highest BCUT2D eigenvalue weighted by atomic mass is 16.6. The van der Waals surface area contributed by atoms with E-state index in [0.717, 1.165) is 44.4 Å². The Morgan fingerprint density at radius 2 is 2.14 bits per heavy atom. The van der Waals surface area contributed by atoms with Crippen LogP contribution in [0.15, 0.2) is 30.6 Å². The number of ether oxygens (including phenoxy) is 2. The largest absolute Gasteiger partial charge is 0.491 e. The molecular formula is C25H30N6O5. The summed E-state index contributed by atoms with van der Waals surface area (Å²) in [5, 5.41) is 12.1. The lowest BCUT2D eigenvalue weighted by Crippen LogP contribution is -2.31. The fraction of sp³-hybridized carbons (Fsp3) is 0.440. The van der Waals surface area contributed by atoms with Gasteiger partial charge in [0.2, 0.25) is 0 Å². The molecule has 5 rings (SSSR count). The third kappa shape index (κ3) is 4.35. The van der Waals surface area contributed by atoms with Crippen LogP contribution >= 0.6 is 0 Å². The molecule has 0 radical (unpaired) electrons. The second kappa shape index (κ2) is 9.75. The summed E-state index contributed by atoms with van der Waals surface area (Å²) >= 11 is 0. The number of likely N-dealkylation sites (tertiary alicyclic amines) is 1. The van der Waals surface area contributed by atoms with Gasteiger partial charge in [-0.2, -0.15) is 0 Å². The number of primary amides is 1. The molecule has 0 aliphatic carbocycles.